The highest BCUT2D eigenvalue weighted by molar-refractivity contribution is 7.99. The van der Waals surface area contributed by atoms with Crippen molar-refractivity contribution in [1.29, 1.82) is 0 Å². The van der Waals surface area contributed by atoms with E-state index >= 15 is 0 Å². The van der Waals surface area contributed by atoms with Crippen LogP contribution in [0.1, 0.15) is 134 Å². The molecule has 258 valence electrons. The van der Waals surface area contributed by atoms with Gasteiger partial charge in [0.25, 0.3) is 5.22 Å². The first-order chi connectivity index (χ1) is 22.7. The smallest absolute Gasteiger partial charge is 0.276 e. The number of ether oxygens (including phenoxy) is 1. The van der Waals surface area contributed by atoms with E-state index in [2.05, 4.69) is 56.1 Å². The molecule has 5 heterocycles. The number of aromatic nitrogens is 2. The van der Waals surface area contributed by atoms with Crippen LogP contribution in [0.3, 0.4) is 0 Å². The Kier molecular flexibility index (Phi) is 15.5. The third-order valence-electron chi connectivity index (χ3n) is 9.87. The topological polar surface area (TPSA) is 57.9 Å². The molecule has 1 aromatic heterocycles. The summed E-state index contributed by atoms with van der Waals surface area (Å²) in [5.74, 6) is 2.92. The first-order valence-electron chi connectivity index (χ1n) is 18.9. The lowest BCUT2D eigenvalue weighted by Gasteiger charge is -2.60. The molecule has 0 saturated carbocycles. The molecule has 1 aromatic carbocycles. The molecular weight excluding hydrogens is 593 g/mol. The van der Waals surface area contributed by atoms with Gasteiger partial charge in [0.1, 0.15) is 32.3 Å². The lowest BCUT2D eigenvalue weighted by atomic mass is 10.1. The molecule has 0 amide bonds. The van der Waals surface area contributed by atoms with Crippen molar-refractivity contribution < 1.29 is 13.6 Å². The maximum absolute atomic E-state index is 6.06. The number of hydrogen-bond acceptors (Lipinski definition) is 8. The number of thioether (sulfide) groups is 1. The highest BCUT2D eigenvalue weighted by Crippen LogP contribution is 2.31. The molecule has 4 bridgehead atoms. The van der Waals surface area contributed by atoms with Crippen molar-refractivity contribution in [2.45, 2.75) is 141 Å². The maximum atomic E-state index is 6.06. The van der Waals surface area contributed by atoms with Crippen LogP contribution in [-0.2, 0) is 13.0 Å². The van der Waals surface area contributed by atoms with Gasteiger partial charge in [0.15, 0.2) is 0 Å². The van der Waals surface area contributed by atoms with Crippen molar-refractivity contribution in [2.75, 3.05) is 52.4 Å². The Balaban J connectivity index is 0.795. The summed E-state index contributed by atoms with van der Waals surface area (Å²) in [6.45, 7) is 11.2. The van der Waals surface area contributed by atoms with Gasteiger partial charge in [0.2, 0.25) is 5.89 Å². The molecule has 4 aliphatic rings. The zero-order chi connectivity index (χ0) is 31.7. The molecule has 0 aliphatic carbocycles. The Morgan fingerprint density at radius 3 is 1.83 bits per heavy atom. The van der Waals surface area contributed by atoms with Gasteiger partial charge in [-0.1, -0.05) is 115 Å². The predicted octanol–water partition coefficient (Wildman–Crippen LogP) is 8.83. The standard InChI is InChI=1S/C37H63N6O2S/c1-2-3-4-5-6-7-10-13-16-19-26-46-37-39-38-36(45-37)20-17-14-11-8-9-12-15-18-25-44-35-23-21-34(22-24-35)27-43-31-40-28-41(32-43)30-42(29-40)33-43/h21-24H,2-20,25-33H2,1H3/q+1. The van der Waals surface area contributed by atoms with Gasteiger partial charge in [-0.3, -0.25) is 4.48 Å². The number of nitrogens with zero attached hydrogens (tertiary/aromatic N) is 6. The summed E-state index contributed by atoms with van der Waals surface area (Å²) in [6.07, 6.45) is 24.7. The quantitative estimate of drug-likeness (QED) is 0.0566. The van der Waals surface area contributed by atoms with Crippen molar-refractivity contribution in [1.82, 2.24) is 24.9 Å². The molecule has 4 aliphatic heterocycles. The van der Waals surface area contributed by atoms with E-state index in [-0.39, 0.29) is 0 Å². The first-order valence-corrected chi connectivity index (χ1v) is 19.9. The number of quaternary nitrogens is 1. The second kappa shape index (κ2) is 20.0. The van der Waals surface area contributed by atoms with Crippen LogP contribution in [0.25, 0.3) is 0 Å². The molecule has 8 nitrogen and oxygen atoms in total. The Morgan fingerprint density at radius 1 is 0.674 bits per heavy atom. The average molecular weight is 656 g/mol. The summed E-state index contributed by atoms with van der Waals surface area (Å²) in [6, 6.07) is 8.91. The fourth-order valence-electron chi connectivity index (χ4n) is 7.66. The van der Waals surface area contributed by atoms with Gasteiger partial charge >= 0.3 is 0 Å². The summed E-state index contributed by atoms with van der Waals surface area (Å²) in [5, 5.41) is 9.28. The van der Waals surface area contributed by atoms with E-state index in [1.165, 1.54) is 128 Å². The summed E-state index contributed by atoms with van der Waals surface area (Å²) in [4.78, 5) is 7.75. The third kappa shape index (κ3) is 12.4. The monoisotopic (exact) mass is 655 g/mol. The van der Waals surface area contributed by atoms with Crippen LogP contribution in [0.5, 0.6) is 5.75 Å². The van der Waals surface area contributed by atoms with Crippen LogP contribution in [-0.4, -0.2) is 81.8 Å². The van der Waals surface area contributed by atoms with Gasteiger partial charge < -0.3 is 9.15 Å². The molecule has 2 aromatic rings. The highest BCUT2D eigenvalue weighted by Gasteiger charge is 2.48. The van der Waals surface area contributed by atoms with Gasteiger partial charge in [-0.2, -0.15) is 0 Å². The predicted molar refractivity (Wildman–Crippen MR) is 188 cm³/mol. The van der Waals surface area contributed by atoms with Gasteiger partial charge in [-0.25, -0.2) is 14.7 Å². The van der Waals surface area contributed by atoms with E-state index in [4.69, 9.17) is 9.15 Å². The number of aryl methyl sites for hydroxylation is 1. The van der Waals surface area contributed by atoms with Crippen LogP contribution >= 0.6 is 11.8 Å². The van der Waals surface area contributed by atoms with Crippen molar-refractivity contribution in [3.63, 3.8) is 0 Å². The van der Waals surface area contributed by atoms with E-state index in [0.717, 1.165) is 79.5 Å². The molecular formula is C37H63N6O2S+. The number of rotatable bonds is 26. The van der Waals surface area contributed by atoms with Crippen molar-refractivity contribution in [3.05, 3.63) is 35.7 Å². The largest absolute Gasteiger partial charge is 0.494 e. The first kappa shape index (κ1) is 35.7. The fraction of sp³-hybridized carbons (Fsp3) is 0.784. The Bertz CT molecular complexity index is 1060. The zero-order valence-corrected chi connectivity index (χ0v) is 29.8. The second-order valence-corrected chi connectivity index (χ2v) is 15.5. The minimum Gasteiger partial charge on any atom is -0.494 e. The molecule has 4 saturated heterocycles. The average Bonchev–Trinajstić information content (AvgIpc) is 3.50. The van der Waals surface area contributed by atoms with Gasteiger partial charge in [-0.05, 0) is 43.5 Å². The van der Waals surface area contributed by atoms with E-state index in [9.17, 15) is 0 Å². The summed E-state index contributed by atoms with van der Waals surface area (Å²) >= 11 is 1.73. The molecule has 4 fully saturated rings. The Hall–Kier alpha value is -1.65. The van der Waals surface area contributed by atoms with E-state index in [1.807, 2.05) is 0 Å². The van der Waals surface area contributed by atoms with Crippen LogP contribution in [0.2, 0.25) is 0 Å². The van der Waals surface area contributed by atoms with Crippen LogP contribution in [0, 0.1) is 0 Å². The second-order valence-electron chi connectivity index (χ2n) is 14.4. The molecule has 9 heteroatoms. The SMILES string of the molecule is CCCCCCCCCCCCSc1nnc(CCCCCCCCCCOc2ccc(C[N+]34CN5CN(CN(C5)C3)C4)cc2)o1. The number of benzene rings is 1. The number of unbranched alkanes of at least 4 members (excludes halogenated alkanes) is 16. The van der Waals surface area contributed by atoms with Crippen molar-refractivity contribution in [3.8, 4) is 5.75 Å². The minimum atomic E-state index is 0.759. The molecule has 0 unspecified atom stereocenters. The minimum absolute atomic E-state index is 0.759. The van der Waals surface area contributed by atoms with Crippen LogP contribution in [0.4, 0.5) is 0 Å². The van der Waals surface area contributed by atoms with E-state index < -0.39 is 0 Å². The lowest BCUT2D eigenvalue weighted by Crippen LogP contribution is -2.78. The maximum Gasteiger partial charge on any atom is 0.276 e. The highest BCUT2D eigenvalue weighted by atomic mass is 32.2. The number of hydrogen-bond donors (Lipinski definition) is 0. The Labute approximate surface area is 284 Å². The molecule has 0 radical (unpaired) electrons. The molecule has 0 spiro atoms. The fourth-order valence-corrected chi connectivity index (χ4v) is 8.44. The van der Waals surface area contributed by atoms with Gasteiger partial charge in [0, 0.05) is 17.7 Å². The Morgan fingerprint density at radius 2 is 1.22 bits per heavy atom. The van der Waals surface area contributed by atoms with E-state index in [1.54, 1.807) is 11.8 Å². The molecule has 6 rings (SSSR count). The third-order valence-corrected chi connectivity index (χ3v) is 10.8. The summed E-state index contributed by atoms with van der Waals surface area (Å²) in [5.41, 5.74) is 1.42. The van der Waals surface area contributed by atoms with Crippen LogP contribution < -0.4 is 4.74 Å². The summed E-state index contributed by atoms with van der Waals surface area (Å²) < 4.78 is 13.1. The summed E-state index contributed by atoms with van der Waals surface area (Å²) in [7, 11) is 0. The van der Waals surface area contributed by atoms with E-state index in [0.29, 0.717) is 0 Å². The lowest BCUT2D eigenvalue weighted by molar-refractivity contribution is -0.991. The van der Waals surface area contributed by atoms with Gasteiger partial charge in [-0.15, -0.1) is 10.2 Å². The molecule has 0 N–H and O–H groups in total. The molecule has 46 heavy (non-hydrogen) atoms. The normalized spacial score (nSPS) is 23.4. The van der Waals surface area contributed by atoms with Crippen LogP contribution in [0.15, 0.2) is 33.9 Å². The zero-order valence-electron chi connectivity index (χ0n) is 29.0. The van der Waals surface area contributed by atoms with Gasteiger partial charge in [0.05, 0.1) is 26.6 Å². The molecule has 0 atom stereocenters. The van der Waals surface area contributed by atoms with Crippen molar-refractivity contribution >= 4 is 11.8 Å². The van der Waals surface area contributed by atoms with Crippen molar-refractivity contribution in [2.24, 2.45) is 0 Å².